The Morgan fingerprint density at radius 1 is 1.00 bits per heavy atom. The number of hydrogen-bond acceptors (Lipinski definition) is 2. The second-order valence-electron chi connectivity index (χ2n) is 5.51. The minimum absolute atomic E-state index is 0.0273. The molecule has 0 saturated carbocycles. The summed E-state index contributed by atoms with van der Waals surface area (Å²) < 4.78 is 0. The van der Waals surface area contributed by atoms with Crippen LogP contribution in [-0.4, -0.2) is 19.6 Å². The van der Waals surface area contributed by atoms with Crippen LogP contribution in [0.15, 0.2) is 12.1 Å². The first-order valence-electron chi connectivity index (χ1n) is 6.27. The van der Waals surface area contributed by atoms with E-state index in [4.69, 9.17) is 0 Å². The molecule has 0 fully saturated rings. The van der Waals surface area contributed by atoms with E-state index in [-0.39, 0.29) is 5.54 Å². The van der Waals surface area contributed by atoms with Crippen molar-refractivity contribution in [1.29, 1.82) is 0 Å². The van der Waals surface area contributed by atoms with Crippen LogP contribution in [0.1, 0.15) is 42.1 Å². The summed E-state index contributed by atoms with van der Waals surface area (Å²) in [6.45, 7) is 11.0. The van der Waals surface area contributed by atoms with Crippen LogP contribution in [0.25, 0.3) is 0 Å². The first kappa shape index (κ1) is 14.2. The summed E-state index contributed by atoms with van der Waals surface area (Å²) in [4.78, 5) is 0. The minimum Gasteiger partial charge on any atom is -0.313 e. The molecule has 1 unspecified atom stereocenters. The predicted octanol–water partition coefficient (Wildman–Crippen LogP) is 2.87. The Labute approximate surface area is 106 Å². The molecule has 0 amide bonds. The zero-order valence-corrected chi connectivity index (χ0v) is 12.2. The van der Waals surface area contributed by atoms with Gasteiger partial charge in [0, 0.05) is 5.54 Å². The minimum atomic E-state index is 0.0273. The largest absolute Gasteiger partial charge is 0.313 e. The Bertz CT molecular complexity index is 371. The van der Waals surface area contributed by atoms with Crippen molar-refractivity contribution in [2.75, 3.05) is 14.1 Å². The van der Waals surface area contributed by atoms with Gasteiger partial charge in [0.15, 0.2) is 0 Å². The fourth-order valence-corrected chi connectivity index (χ4v) is 2.66. The molecule has 1 atom stereocenters. The van der Waals surface area contributed by atoms with Gasteiger partial charge in [-0.3, -0.25) is 0 Å². The quantitative estimate of drug-likeness (QED) is 0.837. The monoisotopic (exact) mass is 234 g/mol. The molecule has 0 heterocycles. The average molecular weight is 234 g/mol. The van der Waals surface area contributed by atoms with E-state index < -0.39 is 0 Å². The van der Waals surface area contributed by atoms with E-state index in [9.17, 15) is 0 Å². The zero-order chi connectivity index (χ0) is 13.2. The molecule has 0 aromatic heterocycles. The smallest absolute Gasteiger partial charge is 0.0502 e. The number of rotatable bonds is 4. The Kier molecular flexibility index (Phi) is 4.34. The lowest BCUT2D eigenvalue weighted by molar-refractivity contribution is 0.309. The van der Waals surface area contributed by atoms with Gasteiger partial charge < -0.3 is 10.6 Å². The molecule has 0 saturated heterocycles. The van der Waals surface area contributed by atoms with Gasteiger partial charge in [0.25, 0.3) is 0 Å². The van der Waals surface area contributed by atoms with Gasteiger partial charge in [-0.2, -0.15) is 0 Å². The molecule has 0 bridgehead atoms. The highest BCUT2D eigenvalue weighted by atomic mass is 15.0. The molecule has 96 valence electrons. The van der Waals surface area contributed by atoms with E-state index >= 15 is 0 Å². The van der Waals surface area contributed by atoms with Crippen LogP contribution in [0, 0.1) is 20.8 Å². The third-order valence-corrected chi connectivity index (χ3v) is 3.68. The highest BCUT2D eigenvalue weighted by Gasteiger charge is 2.29. The normalized spacial score (nSPS) is 13.8. The lowest BCUT2D eigenvalue weighted by Gasteiger charge is -2.36. The number of likely N-dealkylation sites (N-methyl/N-ethyl adjacent to an activating group) is 2. The van der Waals surface area contributed by atoms with Gasteiger partial charge in [-0.15, -0.1) is 0 Å². The van der Waals surface area contributed by atoms with Crippen molar-refractivity contribution in [3.05, 3.63) is 34.4 Å². The van der Waals surface area contributed by atoms with Gasteiger partial charge in [-0.25, -0.2) is 0 Å². The van der Waals surface area contributed by atoms with Gasteiger partial charge in [0.1, 0.15) is 0 Å². The Morgan fingerprint density at radius 3 is 1.82 bits per heavy atom. The van der Waals surface area contributed by atoms with Crippen molar-refractivity contribution in [1.82, 2.24) is 10.6 Å². The summed E-state index contributed by atoms with van der Waals surface area (Å²) in [5, 5.41) is 6.85. The lowest BCUT2D eigenvalue weighted by Crippen LogP contribution is -2.48. The molecule has 0 spiro atoms. The van der Waals surface area contributed by atoms with Crippen LogP contribution in [0.2, 0.25) is 0 Å². The van der Waals surface area contributed by atoms with Crippen molar-refractivity contribution < 1.29 is 0 Å². The van der Waals surface area contributed by atoms with E-state index in [1.807, 2.05) is 14.1 Å². The standard InChI is InChI=1S/C15H26N2/c1-10-8-11(2)13(12(3)9-10)14(16-6)15(4,5)17-7/h8-9,14,16-17H,1-7H3. The maximum Gasteiger partial charge on any atom is 0.0502 e. The van der Waals surface area contributed by atoms with Gasteiger partial charge in [0.05, 0.1) is 6.04 Å². The first-order valence-corrected chi connectivity index (χ1v) is 6.27. The fourth-order valence-electron chi connectivity index (χ4n) is 2.66. The molecular weight excluding hydrogens is 208 g/mol. The number of benzene rings is 1. The van der Waals surface area contributed by atoms with Crippen LogP contribution in [0.5, 0.6) is 0 Å². The maximum absolute atomic E-state index is 3.45. The topological polar surface area (TPSA) is 24.1 Å². The molecule has 17 heavy (non-hydrogen) atoms. The summed E-state index contributed by atoms with van der Waals surface area (Å²) in [6.07, 6.45) is 0. The second-order valence-corrected chi connectivity index (χ2v) is 5.51. The Balaban J connectivity index is 3.31. The second kappa shape index (κ2) is 5.19. The lowest BCUT2D eigenvalue weighted by atomic mass is 9.83. The van der Waals surface area contributed by atoms with Crippen LogP contribution < -0.4 is 10.6 Å². The van der Waals surface area contributed by atoms with Crippen LogP contribution in [0.4, 0.5) is 0 Å². The molecule has 2 heteroatoms. The van der Waals surface area contributed by atoms with Gasteiger partial charge in [0.2, 0.25) is 0 Å². The third-order valence-electron chi connectivity index (χ3n) is 3.68. The molecule has 1 aromatic rings. The fraction of sp³-hybridized carbons (Fsp3) is 0.600. The third kappa shape index (κ3) is 2.88. The van der Waals surface area contributed by atoms with Gasteiger partial charge in [-0.05, 0) is 65.4 Å². The molecule has 0 aliphatic heterocycles. The molecule has 0 aliphatic carbocycles. The van der Waals surface area contributed by atoms with E-state index in [0.717, 1.165) is 0 Å². The molecular formula is C15H26N2. The van der Waals surface area contributed by atoms with Crippen molar-refractivity contribution in [2.24, 2.45) is 0 Å². The first-order chi connectivity index (χ1) is 7.83. The molecule has 0 radical (unpaired) electrons. The number of nitrogens with one attached hydrogen (secondary N) is 2. The maximum atomic E-state index is 3.45. The predicted molar refractivity (Wildman–Crippen MR) is 75.6 cm³/mol. The van der Waals surface area contributed by atoms with Gasteiger partial charge >= 0.3 is 0 Å². The van der Waals surface area contributed by atoms with Crippen LogP contribution >= 0.6 is 0 Å². The summed E-state index contributed by atoms with van der Waals surface area (Å²) in [6, 6.07) is 4.84. The van der Waals surface area contributed by atoms with Crippen LogP contribution in [0.3, 0.4) is 0 Å². The summed E-state index contributed by atoms with van der Waals surface area (Å²) in [7, 11) is 4.05. The average Bonchev–Trinajstić information content (AvgIpc) is 2.22. The Morgan fingerprint density at radius 2 is 1.47 bits per heavy atom. The highest BCUT2D eigenvalue weighted by Crippen LogP contribution is 2.30. The van der Waals surface area contributed by atoms with Crippen molar-refractivity contribution >= 4 is 0 Å². The van der Waals surface area contributed by atoms with E-state index in [1.54, 1.807) is 0 Å². The molecule has 1 rings (SSSR count). The van der Waals surface area contributed by atoms with Crippen molar-refractivity contribution in [2.45, 2.75) is 46.2 Å². The van der Waals surface area contributed by atoms with E-state index in [0.29, 0.717) is 6.04 Å². The number of hydrogen-bond donors (Lipinski definition) is 2. The zero-order valence-electron chi connectivity index (χ0n) is 12.2. The molecule has 0 aliphatic rings. The van der Waals surface area contributed by atoms with E-state index in [1.165, 1.54) is 22.3 Å². The summed E-state index contributed by atoms with van der Waals surface area (Å²) in [5.41, 5.74) is 5.51. The van der Waals surface area contributed by atoms with E-state index in [2.05, 4.69) is 57.4 Å². The number of aryl methyl sites for hydroxylation is 3. The van der Waals surface area contributed by atoms with Crippen molar-refractivity contribution in [3.8, 4) is 0 Å². The summed E-state index contributed by atoms with van der Waals surface area (Å²) in [5.74, 6) is 0. The SMILES string of the molecule is CNC(c1c(C)cc(C)cc1C)C(C)(C)NC. The molecule has 2 nitrogen and oxygen atoms in total. The highest BCUT2D eigenvalue weighted by molar-refractivity contribution is 5.41. The summed E-state index contributed by atoms with van der Waals surface area (Å²) >= 11 is 0. The molecule has 2 N–H and O–H groups in total. The van der Waals surface area contributed by atoms with Crippen LogP contribution in [-0.2, 0) is 0 Å². The van der Waals surface area contributed by atoms with Crippen molar-refractivity contribution in [3.63, 3.8) is 0 Å². The van der Waals surface area contributed by atoms with Gasteiger partial charge in [-0.1, -0.05) is 17.7 Å². The molecule has 1 aromatic carbocycles. The Hall–Kier alpha value is -0.860.